The summed E-state index contributed by atoms with van der Waals surface area (Å²) < 4.78 is 0. The summed E-state index contributed by atoms with van der Waals surface area (Å²) in [6, 6.07) is 7.57. The molecule has 0 heterocycles. The quantitative estimate of drug-likeness (QED) is 0.700. The second kappa shape index (κ2) is 7.92. The molecule has 0 spiro atoms. The fourth-order valence-corrected chi connectivity index (χ4v) is 2.05. The summed E-state index contributed by atoms with van der Waals surface area (Å²) in [6.07, 6.45) is 0.562. The zero-order valence-electron chi connectivity index (χ0n) is 11.9. The van der Waals surface area contributed by atoms with Crippen molar-refractivity contribution in [2.75, 3.05) is 13.6 Å². The Morgan fingerprint density at radius 3 is 2.42 bits per heavy atom. The summed E-state index contributed by atoms with van der Waals surface area (Å²) in [7, 11) is 1.63. The Morgan fingerprint density at radius 2 is 1.89 bits per heavy atom. The van der Waals surface area contributed by atoms with Gasteiger partial charge in [-0.15, -0.1) is 0 Å². The van der Waals surface area contributed by atoms with E-state index in [0.29, 0.717) is 11.5 Å². The zero-order chi connectivity index (χ0) is 14.3. The number of nitrogens with one attached hydrogen (secondary N) is 2. The third-order valence-corrected chi connectivity index (χ3v) is 3.01. The third kappa shape index (κ3) is 5.85. The van der Waals surface area contributed by atoms with Crippen LogP contribution in [0.25, 0.3) is 0 Å². The molecule has 3 N–H and O–H groups in total. The number of hydrogen-bond donors (Lipinski definition) is 3. The average Bonchev–Trinajstić information content (AvgIpc) is 2.37. The summed E-state index contributed by atoms with van der Waals surface area (Å²) in [5, 5.41) is 15.2. The molecule has 0 saturated heterocycles. The minimum atomic E-state index is -0.247. The number of hydrogen-bond acceptors (Lipinski definition) is 3. The molecule has 4 nitrogen and oxygen atoms in total. The molecule has 0 aliphatic heterocycles. The Balaban J connectivity index is 2.36. The minimum Gasteiger partial charge on any atom is -0.393 e. The summed E-state index contributed by atoms with van der Waals surface area (Å²) in [5.74, 6) is 0.384. The molecule has 4 heteroatoms. The maximum Gasteiger partial charge on any atom is 0.251 e. The van der Waals surface area contributed by atoms with Crippen LogP contribution in [0, 0.1) is 5.92 Å². The number of carbonyl (C=O) groups is 1. The van der Waals surface area contributed by atoms with Gasteiger partial charge in [-0.3, -0.25) is 4.79 Å². The molecule has 0 radical (unpaired) electrons. The highest BCUT2D eigenvalue weighted by atomic mass is 16.3. The zero-order valence-corrected chi connectivity index (χ0v) is 11.9. The number of carbonyl (C=O) groups excluding carboxylic acids is 1. The first kappa shape index (κ1) is 15.7. The predicted octanol–water partition coefficient (Wildman–Crippen LogP) is 1.54. The monoisotopic (exact) mass is 264 g/mol. The van der Waals surface area contributed by atoms with Gasteiger partial charge in [0, 0.05) is 19.2 Å². The van der Waals surface area contributed by atoms with Crippen molar-refractivity contribution in [3.63, 3.8) is 0 Å². The topological polar surface area (TPSA) is 61.4 Å². The van der Waals surface area contributed by atoms with Crippen LogP contribution < -0.4 is 10.6 Å². The van der Waals surface area contributed by atoms with E-state index in [0.717, 1.165) is 25.1 Å². The largest absolute Gasteiger partial charge is 0.393 e. The average molecular weight is 264 g/mol. The van der Waals surface area contributed by atoms with Crippen LogP contribution in [0.5, 0.6) is 0 Å². The van der Waals surface area contributed by atoms with Gasteiger partial charge in [0.15, 0.2) is 0 Å². The standard InChI is InChI=1S/C15H24N2O2/c1-11(8-12(2)18)9-17-10-13-4-6-14(7-5-13)15(19)16-3/h4-7,11-12,17-18H,8-10H2,1-3H3,(H,16,19). The van der Waals surface area contributed by atoms with Crippen molar-refractivity contribution in [1.29, 1.82) is 0 Å². The van der Waals surface area contributed by atoms with Crippen LogP contribution in [-0.4, -0.2) is 30.7 Å². The van der Waals surface area contributed by atoms with Crippen molar-refractivity contribution in [2.45, 2.75) is 32.9 Å². The second-order valence-electron chi connectivity index (χ2n) is 5.10. The van der Waals surface area contributed by atoms with Crippen LogP contribution >= 0.6 is 0 Å². The van der Waals surface area contributed by atoms with E-state index in [1.165, 1.54) is 0 Å². The highest BCUT2D eigenvalue weighted by Crippen LogP contribution is 2.06. The molecular formula is C15H24N2O2. The first-order valence-corrected chi connectivity index (χ1v) is 6.72. The molecule has 1 aromatic carbocycles. The van der Waals surface area contributed by atoms with Crippen molar-refractivity contribution >= 4 is 5.91 Å². The molecule has 0 bridgehead atoms. The lowest BCUT2D eigenvalue weighted by Crippen LogP contribution is -2.23. The molecule has 2 unspecified atom stereocenters. The molecule has 0 aliphatic carbocycles. The first-order valence-electron chi connectivity index (χ1n) is 6.72. The van der Waals surface area contributed by atoms with Gasteiger partial charge in [-0.1, -0.05) is 19.1 Å². The Morgan fingerprint density at radius 1 is 1.26 bits per heavy atom. The normalized spacial score (nSPS) is 13.9. The van der Waals surface area contributed by atoms with Gasteiger partial charge in [-0.05, 0) is 43.5 Å². The summed E-state index contributed by atoms with van der Waals surface area (Å²) in [6.45, 7) is 5.59. The molecule has 1 rings (SSSR count). The van der Waals surface area contributed by atoms with E-state index in [4.69, 9.17) is 0 Å². The Labute approximate surface area is 115 Å². The Kier molecular flexibility index (Phi) is 6.53. The molecule has 19 heavy (non-hydrogen) atoms. The van der Waals surface area contributed by atoms with Crippen molar-refractivity contribution in [1.82, 2.24) is 10.6 Å². The van der Waals surface area contributed by atoms with E-state index in [1.807, 2.05) is 31.2 Å². The number of rotatable bonds is 7. The van der Waals surface area contributed by atoms with Gasteiger partial charge in [-0.25, -0.2) is 0 Å². The Hall–Kier alpha value is -1.39. The maximum absolute atomic E-state index is 11.4. The van der Waals surface area contributed by atoms with E-state index < -0.39 is 0 Å². The number of aliphatic hydroxyl groups is 1. The fourth-order valence-electron chi connectivity index (χ4n) is 2.05. The van der Waals surface area contributed by atoms with E-state index in [2.05, 4.69) is 17.6 Å². The maximum atomic E-state index is 11.4. The van der Waals surface area contributed by atoms with Gasteiger partial charge in [-0.2, -0.15) is 0 Å². The third-order valence-electron chi connectivity index (χ3n) is 3.01. The van der Waals surface area contributed by atoms with Gasteiger partial charge in [0.2, 0.25) is 0 Å². The number of amides is 1. The SMILES string of the molecule is CNC(=O)c1ccc(CNCC(C)CC(C)O)cc1. The van der Waals surface area contributed by atoms with Crippen molar-refractivity contribution in [3.8, 4) is 0 Å². The lowest BCUT2D eigenvalue weighted by Gasteiger charge is -2.14. The van der Waals surface area contributed by atoms with Gasteiger partial charge < -0.3 is 15.7 Å². The number of aliphatic hydroxyl groups excluding tert-OH is 1. The van der Waals surface area contributed by atoms with Gasteiger partial charge in [0.05, 0.1) is 6.10 Å². The highest BCUT2D eigenvalue weighted by molar-refractivity contribution is 5.93. The van der Waals surface area contributed by atoms with E-state index >= 15 is 0 Å². The molecule has 2 atom stereocenters. The summed E-state index contributed by atoms with van der Waals surface area (Å²) >= 11 is 0. The summed E-state index contributed by atoms with van der Waals surface area (Å²) in [5.41, 5.74) is 1.82. The van der Waals surface area contributed by atoms with Crippen LogP contribution in [0.2, 0.25) is 0 Å². The first-order chi connectivity index (χ1) is 9.02. The van der Waals surface area contributed by atoms with E-state index in [1.54, 1.807) is 7.05 Å². The molecule has 0 fully saturated rings. The van der Waals surface area contributed by atoms with Crippen LogP contribution in [-0.2, 0) is 6.54 Å². The van der Waals surface area contributed by atoms with Crippen LogP contribution in [0.4, 0.5) is 0 Å². The summed E-state index contributed by atoms with van der Waals surface area (Å²) in [4.78, 5) is 11.4. The van der Waals surface area contributed by atoms with Crippen molar-refractivity contribution in [2.24, 2.45) is 5.92 Å². The van der Waals surface area contributed by atoms with Gasteiger partial charge in [0.25, 0.3) is 5.91 Å². The van der Waals surface area contributed by atoms with Crippen LogP contribution in [0.3, 0.4) is 0 Å². The van der Waals surface area contributed by atoms with Crippen molar-refractivity contribution in [3.05, 3.63) is 35.4 Å². The van der Waals surface area contributed by atoms with Gasteiger partial charge >= 0.3 is 0 Å². The van der Waals surface area contributed by atoms with Gasteiger partial charge in [0.1, 0.15) is 0 Å². The Bertz CT molecular complexity index is 388. The highest BCUT2D eigenvalue weighted by Gasteiger charge is 2.06. The number of benzene rings is 1. The van der Waals surface area contributed by atoms with Crippen LogP contribution in [0.15, 0.2) is 24.3 Å². The smallest absolute Gasteiger partial charge is 0.251 e. The van der Waals surface area contributed by atoms with Crippen LogP contribution in [0.1, 0.15) is 36.2 Å². The fraction of sp³-hybridized carbons (Fsp3) is 0.533. The predicted molar refractivity (Wildman–Crippen MR) is 77.0 cm³/mol. The minimum absolute atomic E-state index is 0.0648. The molecule has 1 amide bonds. The van der Waals surface area contributed by atoms with E-state index in [9.17, 15) is 9.90 Å². The van der Waals surface area contributed by atoms with E-state index in [-0.39, 0.29) is 12.0 Å². The molecule has 106 valence electrons. The molecule has 0 saturated carbocycles. The van der Waals surface area contributed by atoms with Crippen molar-refractivity contribution < 1.29 is 9.90 Å². The molecule has 1 aromatic rings. The lowest BCUT2D eigenvalue weighted by atomic mass is 10.0. The lowest BCUT2D eigenvalue weighted by molar-refractivity contribution is 0.0963. The molecule has 0 aromatic heterocycles. The second-order valence-corrected chi connectivity index (χ2v) is 5.10. The molecule has 0 aliphatic rings. The molecular weight excluding hydrogens is 240 g/mol.